The number of carbonyl (C=O) groups excluding carboxylic acids is 3. The lowest BCUT2D eigenvalue weighted by atomic mass is 9.58. The minimum Gasteiger partial charge on any atom is -0.510 e. The van der Waals surface area contributed by atoms with Crippen molar-refractivity contribution < 1.29 is 34.8 Å². The summed E-state index contributed by atoms with van der Waals surface area (Å²) in [5, 5.41) is 46.0. The molecule has 0 unspecified atom stereocenters. The van der Waals surface area contributed by atoms with Gasteiger partial charge in [-0.1, -0.05) is 55.8 Å². The number of fused-ring (bicyclic) bond motifs is 3. The molecule has 0 bridgehead atoms. The second-order valence-electron chi connectivity index (χ2n) is 14.5. The monoisotopic (exact) mass is 663 g/mol. The Hall–Kier alpha value is -3.70. The van der Waals surface area contributed by atoms with E-state index in [1.54, 1.807) is 14.1 Å². The molecule has 0 heterocycles. The number of nitrogens with two attached hydrogens (primary N) is 1. The second kappa shape index (κ2) is 11.8. The number of likely N-dealkylation sites (N-methyl/N-ethyl adjacent to an activating group) is 1. The molecule has 2 aromatic rings. The van der Waals surface area contributed by atoms with E-state index in [0.29, 0.717) is 28.6 Å². The van der Waals surface area contributed by atoms with Gasteiger partial charge in [-0.05, 0) is 74.4 Å². The molecule has 0 saturated heterocycles. The van der Waals surface area contributed by atoms with Gasteiger partial charge >= 0.3 is 0 Å². The molecule has 6 N–H and O–H groups in total. The second-order valence-corrected chi connectivity index (χ2v) is 14.9. The van der Waals surface area contributed by atoms with Gasteiger partial charge in [0.25, 0.3) is 5.91 Å². The summed E-state index contributed by atoms with van der Waals surface area (Å²) in [7, 11) is 3.20. The Morgan fingerprint density at radius 2 is 1.77 bits per heavy atom. The number of allylic oxidation sites excluding steroid dienone is 1. The van der Waals surface area contributed by atoms with Crippen LogP contribution < -0.4 is 5.73 Å². The van der Waals surface area contributed by atoms with Crippen LogP contribution >= 0.6 is 11.6 Å². The van der Waals surface area contributed by atoms with E-state index < -0.39 is 58.0 Å². The molecule has 1 amide bonds. The van der Waals surface area contributed by atoms with Crippen LogP contribution in [0, 0.1) is 17.8 Å². The summed E-state index contributed by atoms with van der Waals surface area (Å²) < 4.78 is 0. The highest BCUT2D eigenvalue weighted by Gasteiger charge is 2.63. The lowest BCUT2D eigenvalue weighted by Gasteiger charge is -2.50. The molecule has 0 radical (unpaired) electrons. The number of phenolic OH excluding ortho intramolecular Hbond substituents is 1. The average Bonchev–Trinajstić information content (AvgIpc) is 3.81. The number of Topliss-reactive ketones (excluding diaryl/α,β-unsaturated/α-hetero) is 2. The number of hydrogen-bond acceptors (Lipinski definition) is 9. The Balaban J connectivity index is 1.38. The van der Waals surface area contributed by atoms with Crippen molar-refractivity contribution in [3.8, 4) is 5.75 Å². The number of carbonyl (C=O) groups is 3. The molecule has 2 aromatic carbocycles. The molecule has 0 aliphatic heterocycles. The number of rotatable bonds is 9. The Bertz CT molecular complexity index is 1730. The standard InChI is InChI=1S/C36H42ClN3O7/c1-35(2,21-8-6-5-7-9-21)17-40(15-18-10-11-18)16-20-14-24(41)26-22(28(20)37)12-19-13-23-29(39(3)4)31(43)27(34(38)46)33(45)36(23,47)32(44)25(19)30(26)42/h5-9,14,18-19,23,29,41,43-44,47H,10-13,15-17H2,1-4H3,(H2,38,46)/t19-,23-,29-,36-/m0/s1. The predicted molar refractivity (Wildman–Crippen MR) is 176 cm³/mol. The Morgan fingerprint density at radius 3 is 2.36 bits per heavy atom. The van der Waals surface area contributed by atoms with E-state index in [-0.39, 0.29) is 35.1 Å². The summed E-state index contributed by atoms with van der Waals surface area (Å²) in [6, 6.07) is 10.7. The van der Waals surface area contributed by atoms with Crippen molar-refractivity contribution in [2.45, 2.75) is 63.1 Å². The maximum absolute atomic E-state index is 14.1. The van der Waals surface area contributed by atoms with Gasteiger partial charge in [-0.15, -0.1) is 0 Å². The van der Waals surface area contributed by atoms with Crippen molar-refractivity contribution >= 4 is 29.1 Å². The Labute approximate surface area is 279 Å². The summed E-state index contributed by atoms with van der Waals surface area (Å²) in [5.74, 6) is -6.27. The third-order valence-corrected chi connectivity index (χ3v) is 11.0. The van der Waals surface area contributed by atoms with E-state index in [0.717, 1.165) is 25.9 Å². The molecule has 1 saturated carbocycles. The number of primary amides is 1. The first-order valence-corrected chi connectivity index (χ1v) is 16.4. The quantitative estimate of drug-likeness (QED) is 0.250. The van der Waals surface area contributed by atoms with Crippen LogP contribution in [-0.2, 0) is 28.0 Å². The number of nitrogens with zero attached hydrogens (tertiary/aromatic N) is 2. The normalized spacial score (nSPS) is 26.1. The minimum absolute atomic E-state index is 0.00610. The van der Waals surface area contributed by atoms with E-state index in [2.05, 4.69) is 30.9 Å². The molecule has 11 heteroatoms. The molecule has 0 spiro atoms. The maximum Gasteiger partial charge on any atom is 0.255 e. The van der Waals surface area contributed by atoms with Gasteiger partial charge in [0.2, 0.25) is 5.78 Å². The average molecular weight is 664 g/mol. The first-order valence-electron chi connectivity index (χ1n) is 16.0. The van der Waals surface area contributed by atoms with Crippen LogP contribution in [0.15, 0.2) is 59.1 Å². The van der Waals surface area contributed by atoms with E-state index >= 15 is 0 Å². The highest BCUT2D eigenvalue weighted by atomic mass is 35.5. The van der Waals surface area contributed by atoms with Crippen LogP contribution in [-0.4, -0.2) is 86.5 Å². The topological polar surface area (TPSA) is 165 Å². The van der Waals surface area contributed by atoms with Gasteiger partial charge in [0.05, 0.1) is 11.6 Å². The Kier molecular flexibility index (Phi) is 8.32. The zero-order chi connectivity index (χ0) is 34.2. The van der Waals surface area contributed by atoms with E-state index in [9.17, 15) is 34.8 Å². The molecular formula is C36H42ClN3O7. The van der Waals surface area contributed by atoms with E-state index in [1.165, 1.54) is 16.5 Å². The number of aliphatic hydroxyl groups is 3. The van der Waals surface area contributed by atoms with Gasteiger partial charge in [0.15, 0.2) is 11.4 Å². The smallest absolute Gasteiger partial charge is 0.255 e. The number of halogens is 1. The van der Waals surface area contributed by atoms with Crippen LogP contribution in [0.3, 0.4) is 0 Å². The van der Waals surface area contributed by atoms with Gasteiger partial charge in [-0.3, -0.25) is 24.2 Å². The number of phenols is 1. The molecule has 4 aliphatic rings. The van der Waals surface area contributed by atoms with Gasteiger partial charge in [-0.25, -0.2) is 0 Å². The lowest BCUT2D eigenvalue weighted by molar-refractivity contribution is -0.148. The summed E-state index contributed by atoms with van der Waals surface area (Å²) in [6.07, 6.45) is 2.48. The number of hydrogen-bond donors (Lipinski definition) is 5. The third-order valence-electron chi connectivity index (χ3n) is 10.5. The zero-order valence-corrected chi connectivity index (χ0v) is 27.8. The maximum atomic E-state index is 14.1. The first kappa shape index (κ1) is 33.2. The molecule has 0 aromatic heterocycles. The van der Waals surface area contributed by atoms with Crippen molar-refractivity contribution in [3.63, 3.8) is 0 Å². The van der Waals surface area contributed by atoms with E-state index in [1.807, 2.05) is 18.2 Å². The summed E-state index contributed by atoms with van der Waals surface area (Å²) in [4.78, 5) is 43.7. The number of aromatic hydroxyl groups is 1. The third kappa shape index (κ3) is 5.45. The number of aliphatic hydroxyl groups excluding tert-OH is 2. The highest BCUT2D eigenvalue weighted by molar-refractivity contribution is 6.33. The number of benzene rings is 2. The van der Waals surface area contributed by atoms with Gasteiger partial charge < -0.3 is 26.2 Å². The van der Waals surface area contributed by atoms with E-state index in [4.69, 9.17) is 17.3 Å². The minimum atomic E-state index is -2.68. The Morgan fingerprint density at radius 1 is 1.11 bits per heavy atom. The molecule has 4 atom stereocenters. The van der Waals surface area contributed by atoms with Crippen molar-refractivity contribution in [1.29, 1.82) is 0 Å². The first-order chi connectivity index (χ1) is 22.1. The number of amides is 1. The van der Waals surface area contributed by atoms with Crippen molar-refractivity contribution in [3.05, 3.63) is 86.3 Å². The molecule has 1 fully saturated rings. The lowest BCUT2D eigenvalue weighted by Crippen LogP contribution is -2.63. The van der Waals surface area contributed by atoms with Crippen LogP contribution in [0.5, 0.6) is 5.75 Å². The molecule has 47 heavy (non-hydrogen) atoms. The predicted octanol–water partition coefficient (Wildman–Crippen LogP) is 3.96. The fourth-order valence-electron chi connectivity index (χ4n) is 8.10. The largest absolute Gasteiger partial charge is 0.510 e. The fraction of sp³-hybridized carbons (Fsp3) is 0.472. The van der Waals surface area contributed by atoms with Crippen molar-refractivity contribution in [2.75, 3.05) is 27.2 Å². The summed E-state index contributed by atoms with van der Waals surface area (Å²) >= 11 is 7.08. The van der Waals surface area contributed by atoms with Crippen LogP contribution in [0.25, 0.3) is 0 Å². The van der Waals surface area contributed by atoms with Gasteiger partial charge in [0, 0.05) is 41.6 Å². The van der Waals surface area contributed by atoms with Crippen LogP contribution in [0.1, 0.15) is 60.2 Å². The van der Waals surface area contributed by atoms with Crippen LogP contribution in [0.4, 0.5) is 0 Å². The zero-order valence-electron chi connectivity index (χ0n) is 27.1. The van der Waals surface area contributed by atoms with Gasteiger partial charge in [-0.2, -0.15) is 0 Å². The molecule has 10 nitrogen and oxygen atoms in total. The van der Waals surface area contributed by atoms with Crippen molar-refractivity contribution in [2.24, 2.45) is 23.5 Å². The highest BCUT2D eigenvalue weighted by Crippen LogP contribution is 2.53. The fourth-order valence-corrected chi connectivity index (χ4v) is 8.39. The number of ketones is 2. The summed E-state index contributed by atoms with van der Waals surface area (Å²) in [6.45, 7) is 6.47. The molecule has 250 valence electrons. The molecule has 4 aliphatic carbocycles. The summed E-state index contributed by atoms with van der Waals surface area (Å²) in [5.41, 5.74) is 3.77. The molecular weight excluding hydrogens is 622 g/mol. The van der Waals surface area contributed by atoms with Gasteiger partial charge in [0.1, 0.15) is 22.8 Å². The van der Waals surface area contributed by atoms with Crippen molar-refractivity contribution in [1.82, 2.24) is 9.80 Å². The van der Waals surface area contributed by atoms with Crippen LogP contribution in [0.2, 0.25) is 5.02 Å². The SMILES string of the molecule is CN(C)[C@@H]1C(O)=C(C(N)=O)C(=O)[C@@]2(O)C(O)=C3C(=O)c4c(O)cc(CN(CC5CC5)CC(C)(C)c5ccccc5)c(Cl)c4C[C@H]3C[C@@H]12. The molecule has 6 rings (SSSR count).